The van der Waals surface area contributed by atoms with E-state index in [1.165, 1.54) is 295 Å². The van der Waals surface area contributed by atoms with Crippen molar-refractivity contribution in [2.75, 3.05) is 13.2 Å². The van der Waals surface area contributed by atoms with Crippen molar-refractivity contribution in [3.63, 3.8) is 0 Å². The Kier molecular flexibility index (Phi) is 63.1. The molecule has 0 spiro atoms. The standard InChI is InChI=1S/C69H132O6/c1-4-7-10-13-16-19-22-25-28-31-33-34-35-36-39-41-44-47-50-53-56-59-62-68(71)74-65-66(64-73-67(70)61-58-55-52-49-46-43-40-37-30-27-24-21-18-15-12-9-6-3)75-69(72)63-60-57-54-51-48-45-42-38-32-29-26-23-20-17-14-11-8-5-2/h27,30,66H,4-26,28-29,31-65H2,1-3H3/b30-27-. The summed E-state index contributed by atoms with van der Waals surface area (Å²) < 4.78 is 17.0. The van der Waals surface area contributed by atoms with Crippen molar-refractivity contribution in [2.45, 2.75) is 399 Å². The van der Waals surface area contributed by atoms with E-state index in [4.69, 9.17) is 14.2 Å². The highest BCUT2D eigenvalue weighted by molar-refractivity contribution is 5.71. The molecule has 6 nitrogen and oxygen atoms in total. The Hall–Kier alpha value is -1.85. The second-order valence-electron chi connectivity index (χ2n) is 23.5. The number of esters is 3. The van der Waals surface area contributed by atoms with Gasteiger partial charge in [-0.25, -0.2) is 0 Å². The molecule has 0 aromatic carbocycles. The monoisotopic (exact) mass is 1060 g/mol. The van der Waals surface area contributed by atoms with E-state index in [-0.39, 0.29) is 31.1 Å². The van der Waals surface area contributed by atoms with Crippen LogP contribution in [0, 0.1) is 0 Å². The van der Waals surface area contributed by atoms with Gasteiger partial charge in [-0.2, -0.15) is 0 Å². The SMILES string of the molecule is CCCCCCCC/C=C\CCCCCCCCCC(=O)OCC(COC(=O)CCCCCCCCCCCCCCCCCCCCCCCC)OC(=O)CCCCCCCCCCCCCCCCCCCC. The predicted molar refractivity (Wildman–Crippen MR) is 326 cm³/mol. The van der Waals surface area contributed by atoms with Crippen molar-refractivity contribution in [1.29, 1.82) is 0 Å². The Bertz CT molecular complexity index is 1170. The maximum atomic E-state index is 12.9. The van der Waals surface area contributed by atoms with Gasteiger partial charge in [-0.1, -0.05) is 341 Å². The van der Waals surface area contributed by atoms with Crippen LogP contribution in [0.25, 0.3) is 0 Å². The Morgan fingerprint density at radius 3 is 0.667 bits per heavy atom. The van der Waals surface area contributed by atoms with E-state index in [1.54, 1.807) is 0 Å². The molecule has 0 amide bonds. The number of ether oxygens (including phenoxy) is 3. The van der Waals surface area contributed by atoms with Crippen molar-refractivity contribution >= 4 is 17.9 Å². The number of hydrogen-bond acceptors (Lipinski definition) is 6. The van der Waals surface area contributed by atoms with Gasteiger partial charge < -0.3 is 14.2 Å². The molecule has 0 fully saturated rings. The van der Waals surface area contributed by atoms with Crippen LogP contribution in [-0.4, -0.2) is 37.2 Å². The lowest BCUT2D eigenvalue weighted by Gasteiger charge is -2.18. The predicted octanol–water partition coefficient (Wildman–Crippen LogP) is 23.2. The number of rotatable bonds is 64. The topological polar surface area (TPSA) is 78.9 Å². The second-order valence-corrected chi connectivity index (χ2v) is 23.5. The van der Waals surface area contributed by atoms with E-state index in [9.17, 15) is 14.4 Å². The largest absolute Gasteiger partial charge is 0.462 e. The summed E-state index contributed by atoms with van der Waals surface area (Å²) >= 11 is 0. The van der Waals surface area contributed by atoms with Gasteiger partial charge >= 0.3 is 17.9 Å². The highest BCUT2D eigenvalue weighted by Crippen LogP contribution is 2.19. The lowest BCUT2D eigenvalue weighted by Crippen LogP contribution is -2.30. The van der Waals surface area contributed by atoms with Crippen molar-refractivity contribution in [3.8, 4) is 0 Å². The first-order valence-electron chi connectivity index (χ1n) is 34.2. The number of allylic oxidation sites excluding steroid dienone is 2. The molecule has 0 aliphatic rings. The molecule has 444 valence electrons. The quantitative estimate of drug-likeness (QED) is 0.0261. The molecular weight excluding hydrogens is 925 g/mol. The summed E-state index contributed by atoms with van der Waals surface area (Å²) in [5, 5.41) is 0. The fourth-order valence-electron chi connectivity index (χ4n) is 10.6. The van der Waals surface area contributed by atoms with Crippen molar-refractivity contribution in [3.05, 3.63) is 12.2 Å². The van der Waals surface area contributed by atoms with E-state index in [1.807, 2.05) is 0 Å². The van der Waals surface area contributed by atoms with E-state index >= 15 is 0 Å². The molecule has 6 heteroatoms. The van der Waals surface area contributed by atoms with Crippen LogP contribution >= 0.6 is 0 Å². The minimum Gasteiger partial charge on any atom is -0.462 e. The van der Waals surface area contributed by atoms with Gasteiger partial charge in [0.2, 0.25) is 0 Å². The molecule has 0 rings (SSSR count). The summed E-state index contributed by atoms with van der Waals surface area (Å²) in [6.07, 6.45) is 76.5. The van der Waals surface area contributed by atoms with Crippen LogP contribution in [-0.2, 0) is 28.6 Å². The molecule has 0 saturated carbocycles. The smallest absolute Gasteiger partial charge is 0.306 e. The molecule has 0 aliphatic carbocycles. The number of carbonyl (C=O) groups is 3. The number of unbranched alkanes of at least 4 members (excludes halogenated alkanes) is 51. The van der Waals surface area contributed by atoms with E-state index in [2.05, 4.69) is 32.9 Å². The molecular formula is C69H132O6. The van der Waals surface area contributed by atoms with Crippen LogP contribution in [0.15, 0.2) is 12.2 Å². The summed E-state index contributed by atoms with van der Waals surface area (Å²) in [4.78, 5) is 38.4. The van der Waals surface area contributed by atoms with Crippen molar-refractivity contribution in [1.82, 2.24) is 0 Å². The van der Waals surface area contributed by atoms with Gasteiger partial charge in [0, 0.05) is 19.3 Å². The highest BCUT2D eigenvalue weighted by Gasteiger charge is 2.19. The summed E-state index contributed by atoms with van der Waals surface area (Å²) in [6, 6.07) is 0. The second kappa shape index (κ2) is 64.7. The zero-order chi connectivity index (χ0) is 54.3. The van der Waals surface area contributed by atoms with Gasteiger partial charge in [0.05, 0.1) is 0 Å². The molecule has 0 aromatic rings. The third-order valence-corrected chi connectivity index (χ3v) is 15.8. The molecule has 0 aliphatic heterocycles. The van der Waals surface area contributed by atoms with E-state index in [0.29, 0.717) is 19.3 Å². The lowest BCUT2D eigenvalue weighted by atomic mass is 10.0. The summed E-state index contributed by atoms with van der Waals surface area (Å²) in [7, 11) is 0. The van der Waals surface area contributed by atoms with Gasteiger partial charge in [0.25, 0.3) is 0 Å². The average Bonchev–Trinajstić information content (AvgIpc) is 3.41. The maximum Gasteiger partial charge on any atom is 0.306 e. The normalized spacial score (nSPS) is 12.0. The minimum atomic E-state index is -0.768. The Morgan fingerprint density at radius 2 is 0.440 bits per heavy atom. The van der Waals surface area contributed by atoms with Crippen molar-refractivity contribution < 1.29 is 28.6 Å². The first-order valence-corrected chi connectivity index (χ1v) is 34.2. The fraction of sp³-hybridized carbons (Fsp3) is 0.928. The van der Waals surface area contributed by atoms with Crippen LogP contribution in [0.4, 0.5) is 0 Å². The number of carbonyl (C=O) groups excluding carboxylic acids is 3. The van der Waals surface area contributed by atoms with Gasteiger partial charge in [0.1, 0.15) is 13.2 Å². The summed E-state index contributed by atoms with van der Waals surface area (Å²) in [5.41, 5.74) is 0. The molecule has 0 N–H and O–H groups in total. The van der Waals surface area contributed by atoms with Crippen LogP contribution in [0.1, 0.15) is 393 Å². The first kappa shape index (κ1) is 73.2. The zero-order valence-electron chi connectivity index (χ0n) is 51.1. The first-order chi connectivity index (χ1) is 37.0. The molecule has 0 radical (unpaired) electrons. The number of hydrogen-bond donors (Lipinski definition) is 0. The van der Waals surface area contributed by atoms with Gasteiger partial charge in [-0.3, -0.25) is 14.4 Å². The van der Waals surface area contributed by atoms with Crippen LogP contribution in [0.2, 0.25) is 0 Å². The van der Waals surface area contributed by atoms with Gasteiger partial charge in [-0.05, 0) is 44.9 Å². The Labute approximate surface area is 469 Å². The summed E-state index contributed by atoms with van der Waals surface area (Å²) in [6.45, 7) is 6.72. The highest BCUT2D eigenvalue weighted by atomic mass is 16.6. The van der Waals surface area contributed by atoms with E-state index in [0.717, 1.165) is 57.8 Å². The maximum absolute atomic E-state index is 12.9. The minimum absolute atomic E-state index is 0.0643. The fourth-order valence-corrected chi connectivity index (χ4v) is 10.6. The van der Waals surface area contributed by atoms with Crippen LogP contribution in [0.5, 0.6) is 0 Å². The molecule has 0 aromatic heterocycles. The zero-order valence-corrected chi connectivity index (χ0v) is 51.1. The molecule has 1 atom stereocenters. The summed E-state index contributed by atoms with van der Waals surface area (Å²) in [5.74, 6) is -0.834. The van der Waals surface area contributed by atoms with Crippen LogP contribution < -0.4 is 0 Å². The molecule has 0 saturated heterocycles. The van der Waals surface area contributed by atoms with Gasteiger partial charge in [0.15, 0.2) is 6.10 Å². The van der Waals surface area contributed by atoms with Crippen molar-refractivity contribution in [2.24, 2.45) is 0 Å². The van der Waals surface area contributed by atoms with E-state index < -0.39 is 6.10 Å². The average molecular weight is 1060 g/mol. The third-order valence-electron chi connectivity index (χ3n) is 15.8. The molecule has 0 bridgehead atoms. The van der Waals surface area contributed by atoms with Crippen LogP contribution in [0.3, 0.4) is 0 Å². The molecule has 0 heterocycles. The van der Waals surface area contributed by atoms with Gasteiger partial charge in [-0.15, -0.1) is 0 Å². The Morgan fingerprint density at radius 1 is 0.253 bits per heavy atom. The lowest BCUT2D eigenvalue weighted by molar-refractivity contribution is -0.167. The third kappa shape index (κ3) is 62.9. The molecule has 75 heavy (non-hydrogen) atoms. The Balaban J connectivity index is 4.28. The molecule has 1 unspecified atom stereocenters.